The molecule has 0 atom stereocenters. The van der Waals surface area contributed by atoms with Crippen molar-refractivity contribution in [2.45, 2.75) is 31.7 Å². The molecular weight excluding hydrogens is 348 g/mol. The Morgan fingerprint density at radius 2 is 1.90 bits per heavy atom. The number of rotatable bonds is 3. The number of thioether (sulfide) groups is 1. The predicted molar refractivity (Wildman–Crippen MR) is 88.7 cm³/mol. The first-order chi connectivity index (χ1) is 10.1. The summed E-state index contributed by atoms with van der Waals surface area (Å²) < 4.78 is 2.94. The zero-order valence-electron chi connectivity index (χ0n) is 12.1. The van der Waals surface area contributed by atoms with Gasteiger partial charge in [0.2, 0.25) is 5.16 Å². The van der Waals surface area contributed by atoms with Crippen LogP contribution in [0.4, 0.5) is 0 Å². The third-order valence-electron chi connectivity index (χ3n) is 3.56. The van der Waals surface area contributed by atoms with E-state index in [1.165, 1.54) is 5.56 Å². The van der Waals surface area contributed by atoms with Crippen LogP contribution in [0.15, 0.2) is 33.9 Å². The van der Waals surface area contributed by atoms with Crippen LogP contribution in [0.5, 0.6) is 0 Å². The summed E-state index contributed by atoms with van der Waals surface area (Å²) in [4.78, 5) is 9.00. The highest BCUT2D eigenvalue weighted by molar-refractivity contribution is 9.10. The maximum absolute atomic E-state index is 4.55. The summed E-state index contributed by atoms with van der Waals surface area (Å²) in [5.41, 5.74) is 4.50. The first-order valence-corrected chi connectivity index (χ1v) is 8.41. The molecule has 0 bridgehead atoms. The fourth-order valence-electron chi connectivity index (χ4n) is 2.06. The molecule has 0 N–H and O–H groups in total. The minimum absolute atomic E-state index is 0.672. The van der Waals surface area contributed by atoms with Gasteiger partial charge in [0, 0.05) is 21.6 Å². The Labute approximate surface area is 136 Å². The van der Waals surface area contributed by atoms with Crippen LogP contribution in [0.1, 0.15) is 22.5 Å². The Morgan fingerprint density at radius 1 is 1.14 bits per heavy atom. The average molecular weight is 363 g/mol. The molecule has 108 valence electrons. The Kier molecular flexibility index (Phi) is 3.99. The van der Waals surface area contributed by atoms with Gasteiger partial charge < -0.3 is 0 Å². The average Bonchev–Trinajstić information content (AvgIpc) is 2.87. The number of nitrogens with zero attached hydrogens (tertiary/aromatic N) is 4. The van der Waals surface area contributed by atoms with Gasteiger partial charge in [0.05, 0.1) is 0 Å². The second kappa shape index (κ2) is 5.77. The number of hydrogen-bond donors (Lipinski definition) is 0. The number of fused-ring (bicyclic) bond motifs is 1. The Bertz CT molecular complexity index is 813. The van der Waals surface area contributed by atoms with E-state index < -0.39 is 0 Å². The molecule has 6 heteroatoms. The number of benzene rings is 1. The summed E-state index contributed by atoms with van der Waals surface area (Å²) in [5.74, 6) is 1.50. The minimum atomic E-state index is 0.672. The molecule has 21 heavy (non-hydrogen) atoms. The van der Waals surface area contributed by atoms with Crippen molar-refractivity contribution in [3.63, 3.8) is 0 Å². The van der Waals surface area contributed by atoms with Crippen LogP contribution >= 0.6 is 27.7 Å². The number of halogens is 1. The Morgan fingerprint density at radius 3 is 2.67 bits per heavy atom. The van der Waals surface area contributed by atoms with Crippen molar-refractivity contribution in [3.8, 4) is 0 Å². The lowest BCUT2D eigenvalue weighted by molar-refractivity contribution is 0.832. The largest absolute Gasteiger partial charge is 0.253 e. The molecule has 1 aromatic carbocycles. The maximum Gasteiger partial charge on any atom is 0.253 e. The van der Waals surface area contributed by atoms with Gasteiger partial charge in [-0.05, 0) is 38.0 Å². The van der Waals surface area contributed by atoms with Crippen LogP contribution < -0.4 is 0 Å². The third-order valence-corrected chi connectivity index (χ3v) is 5.22. The zero-order valence-corrected chi connectivity index (χ0v) is 14.5. The van der Waals surface area contributed by atoms with Crippen molar-refractivity contribution in [2.24, 2.45) is 0 Å². The molecule has 0 amide bonds. The van der Waals surface area contributed by atoms with Crippen molar-refractivity contribution in [3.05, 3.63) is 51.3 Å². The van der Waals surface area contributed by atoms with E-state index in [4.69, 9.17) is 0 Å². The van der Waals surface area contributed by atoms with Gasteiger partial charge in [-0.15, -0.1) is 5.10 Å². The monoisotopic (exact) mass is 362 g/mol. The highest BCUT2D eigenvalue weighted by Crippen LogP contribution is 2.25. The van der Waals surface area contributed by atoms with E-state index in [1.54, 1.807) is 11.8 Å². The molecule has 0 fully saturated rings. The standard InChI is InChI=1S/C15H15BrN4S/c1-9-10(2)17-14-18-15(19-20(14)11(9)3)21-8-12-6-4-5-7-13(12)16/h4-7H,8H2,1-3H3. The van der Waals surface area contributed by atoms with Gasteiger partial charge in [0.25, 0.3) is 5.78 Å². The second-order valence-corrected chi connectivity index (χ2v) is 6.69. The van der Waals surface area contributed by atoms with Gasteiger partial charge in [0.15, 0.2) is 0 Å². The highest BCUT2D eigenvalue weighted by atomic mass is 79.9. The molecule has 4 nitrogen and oxygen atoms in total. The van der Waals surface area contributed by atoms with Crippen LogP contribution in [0.3, 0.4) is 0 Å². The third kappa shape index (κ3) is 2.82. The molecule has 0 radical (unpaired) electrons. The lowest BCUT2D eigenvalue weighted by Gasteiger charge is -2.04. The van der Waals surface area contributed by atoms with Gasteiger partial charge in [-0.25, -0.2) is 9.50 Å². The first-order valence-electron chi connectivity index (χ1n) is 6.63. The summed E-state index contributed by atoms with van der Waals surface area (Å²) in [5, 5.41) is 5.31. The van der Waals surface area contributed by atoms with E-state index in [0.29, 0.717) is 5.78 Å². The van der Waals surface area contributed by atoms with Crippen LogP contribution in [0, 0.1) is 20.8 Å². The van der Waals surface area contributed by atoms with Crippen LogP contribution in [-0.2, 0) is 5.75 Å². The summed E-state index contributed by atoms with van der Waals surface area (Å²) in [6.07, 6.45) is 0. The van der Waals surface area contributed by atoms with Crippen LogP contribution in [0.2, 0.25) is 0 Å². The summed E-state index contributed by atoms with van der Waals surface area (Å²) in [6, 6.07) is 8.20. The number of hydrogen-bond acceptors (Lipinski definition) is 4. The van der Waals surface area contributed by atoms with Crippen LogP contribution in [0.25, 0.3) is 5.78 Å². The predicted octanol–water partition coefficient (Wildman–Crippen LogP) is 4.10. The molecular formula is C15H15BrN4S. The van der Waals surface area contributed by atoms with E-state index >= 15 is 0 Å². The minimum Gasteiger partial charge on any atom is -0.216 e. The Balaban J connectivity index is 1.89. The second-order valence-electron chi connectivity index (χ2n) is 4.89. The molecule has 0 saturated heterocycles. The molecule has 0 aliphatic rings. The highest BCUT2D eigenvalue weighted by Gasteiger charge is 2.11. The van der Waals surface area contributed by atoms with E-state index in [2.05, 4.69) is 44.0 Å². The molecule has 0 spiro atoms. The topological polar surface area (TPSA) is 43.1 Å². The molecule has 0 saturated carbocycles. The summed E-state index contributed by atoms with van der Waals surface area (Å²) in [6.45, 7) is 6.12. The van der Waals surface area contributed by atoms with Gasteiger partial charge >= 0.3 is 0 Å². The van der Waals surface area contributed by atoms with Gasteiger partial charge in [-0.2, -0.15) is 4.98 Å². The number of aryl methyl sites for hydroxylation is 2. The van der Waals surface area contributed by atoms with Crippen molar-refractivity contribution in [2.75, 3.05) is 0 Å². The van der Waals surface area contributed by atoms with Gasteiger partial charge in [0.1, 0.15) is 0 Å². The molecule has 3 rings (SSSR count). The quantitative estimate of drug-likeness (QED) is 0.657. The van der Waals surface area contributed by atoms with Crippen molar-refractivity contribution >= 4 is 33.5 Å². The molecule has 2 aromatic heterocycles. The molecule has 0 unspecified atom stereocenters. The van der Waals surface area contributed by atoms with Crippen molar-refractivity contribution in [1.29, 1.82) is 0 Å². The van der Waals surface area contributed by atoms with E-state index in [9.17, 15) is 0 Å². The molecule has 0 aliphatic carbocycles. The number of aromatic nitrogens is 4. The maximum atomic E-state index is 4.55. The molecule has 2 heterocycles. The smallest absolute Gasteiger partial charge is 0.216 e. The summed E-state index contributed by atoms with van der Waals surface area (Å²) >= 11 is 5.18. The van der Waals surface area contributed by atoms with E-state index in [0.717, 1.165) is 32.3 Å². The van der Waals surface area contributed by atoms with E-state index in [-0.39, 0.29) is 0 Å². The van der Waals surface area contributed by atoms with Crippen LogP contribution in [-0.4, -0.2) is 19.6 Å². The first kappa shape index (κ1) is 14.5. The lowest BCUT2D eigenvalue weighted by Crippen LogP contribution is -2.02. The van der Waals surface area contributed by atoms with Gasteiger partial charge in [-0.3, -0.25) is 0 Å². The fourth-order valence-corrected chi connectivity index (χ4v) is 3.49. The molecule has 0 aliphatic heterocycles. The fraction of sp³-hybridized carbons (Fsp3) is 0.267. The summed E-state index contributed by atoms with van der Waals surface area (Å²) in [7, 11) is 0. The van der Waals surface area contributed by atoms with E-state index in [1.807, 2.05) is 36.6 Å². The van der Waals surface area contributed by atoms with Crippen molar-refractivity contribution < 1.29 is 0 Å². The zero-order chi connectivity index (χ0) is 15.0. The lowest BCUT2D eigenvalue weighted by atomic mass is 10.2. The normalized spacial score (nSPS) is 11.2. The van der Waals surface area contributed by atoms with Gasteiger partial charge in [-0.1, -0.05) is 45.9 Å². The van der Waals surface area contributed by atoms with Crippen molar-refractivity contribution in [1.82, 2.24) is 19.6 Å². The molecule has 3 aromatic rings. The Hall–Kier alpha value is -1.40. The SMILES string of the molecule is Cc1nc2nc(SCc3ccccc3Br)nn2c(C)c1C.